The summed E-state index contributed by atoms with van der Waals surface area (Å²) in [5, 5.41) is 3.20. The number of amides is 2. The Kier molecular flexibility index (Phi) is 5.62. The van der Waals surface area contributed by atoms with Crippen LogP contribution in [0.2, 0.25) is 0 Å². The van der Waals surface area contributed by atoms with Crippen molar-refractivity contribution in [1.82, 2.24) is 21.2 Å². The molecule has 1 aromatic carbocycles. The average Bonchev–Trinajstić information content (AvgIpc) is 3.21. The second kappa shape index (κ2) is 8.28. The van der Waals surface area contributed by atoms with Crippen molar-refractivity contribution < 1.29 is 18.7 Å². The van der Waals surface area contributed by atoms with E-state index in [0.29, 0.717) is 11.3 Å². The number of rotatable bonds is 4. The van der Waals surface area contributed by atoms with Gasteiger partial charge in [0.1, 0.15) is 11.3 Å². The molecular weight excluding hydrogens is 368 g/mol. The number of furan rings is 1. The number of carbonyl (C=O) groups excluding carboxylic acids is 2. The second-order valence-corrected chi connectivity index (χ2v) is 5.87. The number of pyridine rings is 1. The molecule has 8 nitrogen and oxygen atoms in total. The Labute approximate surface area is 159 Å². The van der Waals surface area contributed by atoms with Gasteiger partial charge in [0.15, 0.2) is 17.0 Å². The van der Waals surface area contributed by atoms with Gasteiger partial charge in [0.2, 0.25) is 0 Å². The predicted molar refractivity (Wildman–Crippen MR) is 102 cm³/mol. The van der Waals surface area contributed by atoms with Gasteiger partial charge in [0, 0.05) is 11.6 Å². The monoisotopic (exact) mass is 384 g/mol. The number of hydrogen-bond donors (Lipinski definition) is 3. The minimum absolute atomic E-state index is 0.0798. The molecule has 3 rings (SSSR count). The van der Waals surface area contributed by atoms with Gasteiger partial charge in [-0.05, 0) is 43.4 Å². The molecule has 3 N–H and O–H groups in total. The fourth-order valence-corrected chi connectivity index (χ4v) is 2.38. The smallest absolute Gasteiger partial charge is 0.293 e. The van der Waals surface area contributed by atoms with Crippen LogP contribution in [0.5, 0.6) is 5.75 Å². The highest BCUT2D eigenvalue weighted by Gasteiger charge is 2.17. The van der Waals surface area contributed by atoms with Crippen molar-refractivity contribution in [1.29, 1.82) is 0 Å². The van der Waals surface area contributed by atoms with Gasteiger partial charge in [0.25, 0.3) is 11.8 Å². The van der Waals surface area contributed by atoms with Crippen LogP contribution < -0.4 is 20.9 Å². The molecule has 0 fully saturated rings. The molecule has 0 aliphatic heterocycles. The predicted octanol–water partition coefficient (Wildman–Crippen LogP) is 1.93. The summed E-state index contributed by atoms with van der Waals surface area (Å²) in [4.78, 5) is 28.3. The lowest BCUT2D eigenvalue weighted by Crippen LogP contribution is -2.51. The minimum Gasteiger partial charge on any atom is -0.479 e. The number of carbonyl (C=O) groups is 2. The lowest BCUT2D eigenvalue weighted by molar-refractivity contribution is -0.127. The van der Waals surface area contributed by atoms with Crippen LogP contribution in [0, 0.1) is 0 Å². The molecule has 0 aliphatic rings. The van der Waals surface area contributed by atoms with E-state index in [0.717, 1.165) is 5.39 Å². The van der Waals surface area contributed by atoms with Crippen LogP contribution in [0.4, 0.5) is 0 Å². The molecule has 0 bridgehead atoms. The Morgan fingerprint density at radius 1 is 1.15 bits per heavy atom. The van der Waals surface area contributed by atoms with Gasteiger partial charge in [-0.1, -0.05) is 18.2 Å². The van der Waals surface area contributed by atoms with Crippen LogP contribution in [-0.2, 0) is 4.79 Å². The third kappa shape index (κ3) is 4.59. The number of aromatic nitrogens is 1. The van der Waals surface area contributed by atoms with Crippen LogP contribution in [0.25, 0.3) is 10.9 Å². The highest BCUT2D eigenvalue weighted by atomic mass is 32.1. The number of benzene rings is 1. The Morgan fingerprint density at radius 2 is 1.96 bits per heavy atom. The number of thiocarbonyl (C=S) groups is 1. The average molecular weight is 384 g/mol. The quantitative estimate of drug-likeness (QED) is 0.466. The van der Waals surface area contributed by atoms with Crippen molar-refractivity contribution in [3.63, 3.8) is 0 Å². The fourth-order valence-electron chi connectivity index (χ4n) is 2.24. The Hall–Kier alpha value is -3.46. The highest BCUT2D eigenvalue weighted by molar-refractivity contribution is 7.80. The topological polar surface area (TPSA) is 105 Å². The molecule has 138 valence electrons. The van der Waals surface area contributed by atoms with E-state index >= 15 is 0 Å². The molecule has 1 atom stereocenters. The van der Waals surface area contributed by atoms with Gasteiger partial charge in [0.05, 0.1) is 6.26 Å². The first-order valence-electron chi connectivity index (χ1n) is 7.99. The lowest BCUT2D eigenvalue weighted by Gasteiger charge is -2.16. The first kappa shape index (κ1) is 18.3. The Morgan fingerprint density at radius 3 is 2.74 bits per heavy atom. The van der Waals surface area contributed by atoms with Gasteiger partial charge < -0.3 is 9.15 Å². The Bertz CT molecular complexity index is 969. The Balaban J connectivity index is 1.53. The van der Waals surface area contributed by atoms with Crippen molar-refractivity contribution in [3.05, 3.63) is 60.7 Å². The largest absolute Gasteiger partial charge is 0.479 e. The van der Waals surface area contributed by atoms with Crippen LogP contribution in [0.1, 0.15) is 17.5 Å². The number of nitrogens with zero attached hydrogens (tertiary/aromatic N) is 1. The van der Waals surface area contributed by atoms with E-state index in [9.17, 15) is 9.59 Å². The molecule has 0 saturated carbocycles. The molecule has 0 unspecified atom stereocenters. The zero-order valence-electron chi connectivity index (χ0n) is 14.3. The zero-order chi connectivity index (χ0) is 19.2. The summed E-state index contributed by atoms with van der Waals surface area (Å²) in [5.74, 6) is -0.412. The summed E-state index contributed by atoms with van der Waals surface area (Å²) in [5.41, 5.74) is 5.48. The molecule has 0 aliphatic carbocycles. The van der Waals surface area contributed by atoms with Crippen molar-refractivity contribution in [2.24, 2.45) is 0 Å². The maximum Gasteiger partial charge on any atom is 0.293 e. The SMILES string of the molecule is C[C@H](Oc1cccc2cccnc12)C(=O)NNC(=S)NC(=O)c1ccco1. The third-order valence-corrected chi connectivity index (χ3v) is 3.74. The molecule has 27 heavy (non-hydrogen) atoms. The summed E-state index contributed by atoms with van der Waals surface area (Å²) < 4.78 is 10.7. The summed E-state index contributed by atoms with van der Waals surface area (Å²) >= 11 is 4.95. The third-order valence-electron chi connectivity index (χ3n) is 3.54. The number of fused-ring (bicyclic) bond motifs is 1. The van der Waals surface area contributed by atoms with E-state index in [1.807, 2.05) is 24.3 Å². The molecule has 3 aromatic rings. The lowest BCUT2D eigenvalue weighted by atomic mass is 10.2. The van der Waals surface area contributed by atoms with E-state index < -0.39 is 17.9 Å². The van der Waals surface area contributed by atoms with Crippen LogP contribution in [0.3, 0.4) is 0 Å². The number of hydrogen-bond acceptors (Lipinski definition) is 6. The van der Waals surface area contributed by atoms with Gasteiger partial charge in [-0.2, -0.15) is 0 Å². The summed E-state index contributed by atoms with van der Waals surface area (Å²) in [6.45, 7) is 1.59. The van der Waals surface area contributed by atoms with Gasteiger partial charge >= 0.3 is 0 Å². The van der Waals surface area contributed by atoms with E-state index in [4.69, 9.17) is 21.4 Å². The van der Waals surface area contributed by atoms with E-state index in [1.54, 1.807) is 25.3 Å². The van der Waals surface area contributed by atoms with Gasteiger partial charge in [-0.3, -0.25) is 30.7 Å². The first-order valence-corrected chi connectivity index (χ1v) is 8.40. The molecule has 0 spiro atoms. The minimum atomic E-state index is -0.825. The van der Waals surface area contributed by atoms with E-state index in [1.165, 1.54) is 12.3 Å². The molecule has 9 heteroatoms. The van der Waals surface area contributed by atoms with E-state index in [-0.39, 0.29) is 10.9 Å². The van der Waals surface area contributed by atoms with Crippen LogP contribution >= 0.6 is 12.2 Å². The van der Waals surface area contributed by atoms with Crippen molar-refractivity contribution in [2.45, 2.75) is 13.0 Å². The maximum absolute atomic E-state index is 12.2. The normalized spacial score (nSPS) is 11.4. The number of nitrogens with one attached hydrogen (secondary N) is 3. The van der Waals surface area contributed by atoms with E-state index in [2.05, 4.69) is 21.2 Å². The summed E-state index contributed by atoms with van der Waals surface area (Å²) in [7, 11) is 0. The number of para-hydroxylation sites is 1. The standard InChI is InChI=1S/C18H16N4O4S/c1-11(26-13-7-2-5-12-6-3-9-19-15(12)13)16(23)21-22-18(27)20-17(24)14-8-4-10-25-14/h2-11H,1H3,(H,21,23)(H2,20,22,24,27)/t11-/m0/s1. The highest BCUT2D eigenvalue weighted by Crippen LogP contribution is 2.23. The van der Waals surface area contributed by atoms with Crippen molar-refractivity contribution in [3.8, 4) is 5.75 Å². The first-order chi connectivity index (χ1) is 13.0. The number of hydrazine groups is 1. The van der Waals surface area contributed by atoms with Crippen LogP contribution in [-0.4, -0.2) is 28.0 Å². The van der Waals surface area contributed by atoms with Crippen molar-refractivity contribution in [2.75, 3.05) is 0 Å². The molecule has 0 saturated heterocycles. The molecule has 0 radical (unpaired) electrons. The van der Waals surface area contributed by atoms with Gasteiger partial charge in [-0.25, -0.2) is 0 Å². The molecular formula is C18H16N4O4S. The molecule has 2 amide bonds. The number of ether oxygens (including phenoxy) is 1. The van der Waals surface area contributed by atoms with Gasteiger partial charge in [-0.15, -0.1) is 0 Å². The molecule has 2 aromatic heterocycles. The van der Waals surface area contributed by atoms with Crippen molar-refractivity contribution >= 4 is 40.0 Å². The molecule has 2 heterocycles. The fraction of sp³-hybridized carbons (Fsp3) is 0.111. The summed E-state index contributed by atoms with van der Waals surface area (Å²) in [6.07, 6.45) is 2.20. The van der Waals surface area contributed by atoms with Crippen LogP contribution in [0.15, 0.2) is 59.3 Å². The maximum atomic E-state index is 12.2. The zero-order valence-corrected chi connectivity index (χ0v) is 15.1. The summed E-state index contributed by atoms with van der Waals surface area (Å²) in [6, 6.07) is 12.3. The second-order valence-electron chi connectivity index (χ2n) is 5.47.